The Hall–Kier alpha value is -17.5. The maximum Gasteiger partial charge on any atom is 0.161 e. The van der Waals surface area contributed by atoms with Crippen molar-refractivity contribution < 1.29 is 0 Å². The molecule has 0 amide bonds. The zero-order valence-electron chi connectivity index (χ0n) is 77.4. The monoisotopic (exact) mass is 1770 g/mol. The van der Waals surface area contributed by atoms with Crippen LogP contribution in [0.1, 0.15) is 62.8 Å². The molecule has 0 bridgehead atoms. The lowest BCUT2D eigenvalue weighted by atomic mass is 9.98. The van der Waals surface area contributed by atoms with Crippen LogP contribution in [0.15, 0.2) is 474 Å². The second-order valence-corrected chi connectivity index (χ2v) is 30.6. The highest BCUT2D eigenvalue weighted by molar-refractivity contribution is 6.07. The Bertz CT molecular complexity index is 7890. The van der Waals surface area contributed by atoms with Crippen molar-refractivity contribution in [3.8, 4) is 124 Å². The van der Waals surface area contributed by atoms with Crippen LogP contribution < -0.4 is 0 Å². The molecule has 16 aromatic carbocycles. The minimum absolute atomic E-state index is 0. The van der Waals surface area contributed by atoms with E-state index in [0.29, 0.717) is 0 Å². The van der Waals surface area contributed by atoms with Crippen molar-refractivity contribution >= 4 is 86.7 Å². The predicted octanol–water partition coefficient (Wildman–Crippen LogP) is 33.5. The highest BCUT2D eigenvalue weighted by Gasteiger charge is 2.20. The van der Waals surface area contributed by atoms with E-state index in [4.69, 9.17) is 44.9 Å². The van der Waals surface area contributed by atoms with E-state index in [0.717, 1.165) is 168 Å². The summed E-state index contributed by atoms with van der Waals surface area (Å²) < 4.78 is 0. The molecule has 0 aliphatic carbocycles. The zero-order valence-corrected chi connectivity index (χ0v) is 77.4. The van der Waals surface area contributed by atoms with Crippen LogP contribution >= 0.6 is 0 Å². The van der Waals surface area contributed by atoms with Gasteiger partial charge in [-0.15, -0.1) is 0 Å². The van der Waals surface area contributed by atoms with Gasteiger partial charge in [0.15, 0.2) is 23.3 Å². The van der Waals surface area contributed by atoms with Crippen LogP contribution in [-0.2, 0) is 0 Å². The van der Waals surface area contributed by atoms with Gasteiger partial charge in [0.1, 0.15) is 0 Å². The van der Waals surface area contributed by atoms with Gasteiger partial charge in [0.05, 0.1) is 56.2 Å². The van der Waals surface area contributed by atoms with E-state index in [2.05, 4.69) is 282 Å². The molecule has 0 aliphatic heterocycles. The van der Waals surface area contributed by atoms with Crippen molar-refractivity contribution in [2.45, 2.75) is 62.8 Å². The standard InChI is InChI=1S/C28H18N2.2C24H16N2.C20H14N4.C20H14N2.4C2H6.CH4/c1-3-13-21-19(9-1)11-7-16-23(21)27-25-15-5-6-18-26(25)29-28(30-27)24-17-8-12-20-10-2-4-14-22(20)24;1-2-10-18(11-3-1)24-25-22-16-7-6-14-21(22)23(26-24)20-15-8-12-17-9-4-5-13-19(17)20;1-2-10-18(11-3-1)23-21-14-6-7-16-22(21)25-24(26-23)20-15-8-12-17-9-4-5-13-19(17)20;1-4-15(12-21-7-1)18-10-19(16-5-2-8-22-13-16)24-20(11-18)17-6-3-9-23-14-17;1-3-9-15(10-4-1)19-17-13-7-8-14-18(17)21-20(22-19)16-11-5-2-6-12-16;4*1-2;/h1-18H;2*1-16H;1-14H;1-14H;4*1-2H3;1H4. The second-order valence-electron chi connectivity index (χ2n) is 30.6. The molecule has 0 aliphatic rings. The molecule has 8 aromatic heterocycles. The Morgan fingerprint density at radius 2 is 0.387 bits per heavy atom. The molecule has 24 rings (SSSR count). The molecule has 8 heterocycles. The van der Waals surface area contributed by atoms with Gasteiger partial charge in [-0.3, -0.25) is 15.0 Å². The number of pyridine rings is 4. The fourth-order valence-electron chi connectivity index (χ4n) is 16.3. The summed E-state index contributed by atoms with van der Waals surface area (Å²) in [6, 6.07) is 149. The fraction of sp³-hybridized carbons (Fsp3) is 0.0720. The average Bonchev–Trinajstić information content (AvgIpc) is 0.794. The molecule has 0 atom stereocenters. The first kappa shape index (κ1) is 94.2. The summed E-state index contributed by atoms with van der Waals surface area (Å²) in [7, 11) is 0. The Balaban J connectivity index is 0.000000128. The molecule has 0 N–H and O–H groups in total. The van der Waals surface area contributed by atoms with Crippen molar-refractivity contribution in [3.05, 3.63) is 474 Å². The molecule has 0 saturated heterocycles. The molecular formula is C125H106N12. The van der Waals surface area contributed by atoms with Crippen molar-refractivity contribution in [3.63, 3.8) is 0 Å². The van der Waals surface area contributed by atoms with Gasteiger partial charge in [-0.05, 0) is 115 Å². The van der Waals surface area contributed by atoms with E-state index in [1.807, 2.05) is 244 Å². The summed E-state index contributed by atoms with van der Waals surface area (Å²) in [5.74, 6) is 3.04. The third kappa shape index (κ3) is 22.0. The van der Waals surface area contributed by atoms with Crippen molar-refractivity contribution in [2.24, 2.45) is 0 Å². The lowest BCUT2D eigenvalue weighted by Gasteiger charge is -2.12. The van der Waals surface area contributed by atoms with E-state index in [1.54, 1.807) is 18.6 Å². The van der Waals surface area contributed by atoms with E-state index in [9.17, 15) is 0 Å². The minimum atomic E-state index is 0. The van der Waals surface area contributed by atoms with Gasteiger partial charge < -0.3 is 0 Å². The highest BCUT2D eigenvalue weighted by Crippen LogP contribution is 2.40. The fourth-order valence-corrected chi connectivity index (χ4v) is 16.3. The largest absolute Gasteiger partial charge is 0.264 e. The Morgan fingerprint density at radius 1 is 0.153 bits per heavy atom. The maximum atomic E-state index is 5.13. The smallest absolute Gasteiger partial charge is 0.161 e. The highest BCUT2D eigenvalue weighted by atomic mass is 14.9. The first-order chi connectivity index (χ1) is 67.5. The zero-order chi connectivity index (χ0) is 93.6. The Kier molecular flexibility index (Phi) is 32.3. The normalized spacial score (nSPS) is 10.4. The minimum Gasteiger partial charge on any atom is -0.264 e. The maximum absolute atomic E-state index is 5.13. The van der Waals surface area contributed by atoms with E-state index < -0.39 is 0 Å². The quantitative estimate of drug-likeness (QED) is 0.121. The third-order valence-electron chi connectivity index (χ3n) is 22.5. The van der Waals surface area contributed by atoms with E-state index in [1.165, 1.54) is 43.1 Å². The van der Waals surface area contributed by atoms with Crippen LogP contribution in [-0.4, -0.2) is 59.8 Å². The molecule has 12 heteroatoms. The van der Waals surface area contributed by atoms with Gasteiger partial charge in [-0.25, -0.2) is 44.9 Å². The van der Waals surface area contributed by atoms with Crippen molar-refractivity contribution in [1.29, 1.82) is 0 Å². The number of hydrogen-bond donors (Lipinski definition) is 0. The SMILES string of the molecule is C.CC.CC.CC.CC.c1ccc(-c2nc(-c3cccc4ccccc34)c3ccccc3n2)cc1.c1ccc(-c2nc(-c3cccc4ccccc34)nc3ccccc23)cc1.c1ccc(-c2nc(-c3ccccc3)c3ccccc3n2)cc1.c1ccc2c(-c3nc(-c4cccc5ccccc45)c4ccccc4n3)cccc2c1.c1cncc(-c2cc(-c3cccnc3)nc(-c3cccnc3)c2)c1. The number of rotatable bonds is 11. The number of nitrogens with zero attached hydrogens (tertiary/aromatic N) is 12. The molecule has 666 valence electrons. The van der Waals surface area contributed by atoms with E-state index >= 15 is 0 Å². The van der Waals surface area contributed by atoms with Crippen molar-refractivity contribution in [1.82, 2.24) is 59.8 Å². The summed E-state index contributed by atoms with van der Waals surface area (Å²) in [4.78, 5) is 56.7. The second kappa shape index (κ2) is 47.1. The van der Waals surface area contributed by atoms with Crippen molar-refractivity contribution in [2.75, 3.05) is 0 Å². The van der Waals surface area contributed by atoms with Gasteiger partial charge in [0, 0.05) is 120 Å². The predicted molar refractivity (Wildman–Crippen MR) is 578 cm³/mol. The molecular weight excluding hydrogens is 1670 g/mol. The van der Waals surface area contributed by atoms with Crippen LogP contribution in [0.3, 0.4) is 0 Å². The number of hydrogen-bond acceptors (Lipinski definition) is 12. The van der Waals surface area contributed by atoms with E-state index in [-0.39, 0.29) is 7.43 Å². The van der Waals surface area contributed by atoms with Crippen LogP contribution in [0.5, 0.6) is 0 Å². The summed E-state index contributed by atoms with van der Waals surface area (Å²) in [6.45, 7) is 16.0. The molecule has 0 unspecified atom stereocenters. The first-order valence-electron chi connectivity index (χ1n) is 46.4. The average molecular weight is 1780 g/mol. The molecule has 0 spiro atoms. The molecule has 137 heavy (non-hydrogen) atoms. The van der Waals surface area contributed by atoms with Gasteiger partial charge in [-0.1, -0.05) is 433 Å². The van der Waals surface area contributed by atoms with Gasteiger partial charge in [0.25, 0.3) is 0 Å². The first-order valence-corrected chi connectivity index (χ1v) is 46.4. The Morgan fingerprint density at radius 3 is 0.715 bits per heavy atom. The molecule has 0 saturated carbocycles. The Labute approximate surface area is 802 Å². The number of aromatic nitrogens is 12. The summed E-state index contributed by atoms with van der Waals surface area (Å²) in [5.41, 5.74) is 22.2. The topological polar surface area (TPSA) is 155 Å². The summed E-state index contributed by atoms with van der Waals surface area (Å²) in [6.07, 6.45) is 10.8. The number of para-hydroxylation sites is 4. The third-order valence-corrected chi connectivity index (χ3v) is 22.5. The van der Waals surface area contributed by atoms with Gasteiger partial charge in [0.2, 0.25) is 0 Å². The number of fused-ring (bicyclic) bond motifs is 8. The molecule has 24 aromatic rings. The lowest BCUT2D eigenvalue weighted by molar-refractivity contribution is 1.23. The molecule has 0 fully saturated rings. The van der Waals surface area contributed by atoms with Crippen LogP contribution in [0, 0.1) is 0 Å². The van der Waals surface area contributed by atoms with Crippen LogP contribution in [0.2, 0.25) is 0 Å². The van der Waals surface area contributed by atoms with Gasteiger partial charge in [-0.2, -0.15) is 0 Å². The molecule has 12 nitrogen and oxygen atoms in total. The van der Waals surface area contributed by atoms with Gasteiger partial charge >= 0.3 is 0 Å². The van der Waals surface area contributed by atoms with Crippen LogP contribution in [0.4, 0.5) is 0 Å². The summed E-state index contributed by atoms with van der Waals surface area (Å²) in [5, 5.41) is 13.9. The lowest BCUT2D eigenvalue weighted by Crippen LogP contribution is -1.96. The van der Waals surface area contributed by atoms with Crippen LogP contribution in [0.25, 0.3) is 211 Å². The number of benzene rings is 16. The summed E-state index contributed by atoms with van der Waals surface area (Å²) >= 11 is 0. The molecule has 0 radical (unpaired) electrons.